The van der Waals surface area contributed by atoms with E-state index in [0.717, 1.165) is 22.4 Å². The first-order chi connectivity index (χ1) is 14.0. The summed E-state index contributed by atoms with van der Waals surface area (Å²) in [5, 5.41) is 2.89. The first kappa shape index (κ1) is 18.6. The third-order valence-corrected chi connectivity index (χ3v) is 4.73. The van der Waals surface area contributed by atoms with E-state index < -0.39 is 0 Å². The van der Waals surface area contributed by atoms with Crippen LogP contribution in [-0.2, 0) is 6.54 Å². The average molecular weight is 384 g/mol. The molecule has 4 aromatic rings. The van der Waals surface area contributed by atoms with Crippen LogP contribution in [0.2, 0.25) is 0 Å². The number of imidazole rings is 1. The van der Waals surface area contributed by atoms with Gasteiger partial charge in [0.2, 0.25) is 0 Å². The summed E-state index contributed by atoms with van der Waals surface area (Å²) >= 11 is 0. The van der Waals surface area contributed by atoms with E-state index in [0.29, 0.717) is 23.4 Å². The zero-order valence-electron chi connectivity index (χ0n) is 16.2. The molecule has 6 nitrogen and oxygen atoms in total. The van der Waals surface area contributed by atoms with Crippen molar-refractivity contribution in [1.29, 1.82) is 0 Å². The van der Waals surface area contributed by atoms with E-state index in [-0.39, 0.29) is 11.7 Å². The highest BCUT2D eigenvalue weighted by molar-refractivity contribution is 5.95. The van der Waals surface area contributed by atoms with Crippen LogP contribution in [0.1, 0.15) is 39.0 Å². The predicted molar refractivity (Wildman–Crippen MR) is 111 cm³/mol. The van der Waals surface area contributed by atoms with Crippen molar-refractivity contribution in [3.05, 3.63) is 89.6 Å². The van der Waals surface area contributed by atoms with Gasteiger partial charge in [-0.05, 0) is 54.8 Å². The second-order valence-electron chi connectivity index (χ2n) is 6.93. The minimum Gasteiger partial charge on any atom is -0.347 e. The van der Waals surface area contributed by atoms with Crippen LogP contribution in [0.4, 0.5) is 0 Å². The average Bonchev–Trinajstić information content (AvgIpc) is 3.16. The molecule has 3 aromatic heterocycles. The van der Waals surface area contributed by atoms with Gasteiger partial charge >= 0.3 is 0 Å². The lowest BCUT2D eigenvalue weighted by Gasteiger charge is -2.06. The van der Waals surface area contributed by atoms with Gasteiger partial charge in [0, 0.05) is 36.4 Å². The number of aryl methyl sites for hydroxylation is 1. The Morgan fingerprint density at radius 3 is 2.52 bits per heavy atom. The van der Waals surface area contributed by atoms with Crippen molar-refractivity contribution >= 4 is 17.3 Å². The van der Waals surface area contributed by atoms with Gasteiger partial charge in [0.1, 0.15) is 11.3 Å². The van der Waals surface area contributed by atoms with Gasteiger partial charge in [-0.3, -0.25) is 14.6 Å². The zero-order valence-corrected chi connectivity index (χ0v) is 16.2. The summed E-state index contributed by atoms with van der Waals surface area (Å²) < 4.78 is 1.69. The van der Waals surface area contributed by atoms with Gasteiger partial charge in [0.25, 0.3) is 5.91 Å². The molecule has 0 spiro atoms. The monoisotopic (exact) mass is 384 g/mol. The number of fused-ring (bicyclic) bond motifs is 1. The molecule has 0 fully saturated rings. The molecule has 3 heterocycles. The smallest absolute Gasteiger partial charge is 0.271 e. The number of ketones is 1. The lowest BCUT2D eigenvalue weighted by Crippen LogP contribution is -2.23. The summed E-state index contributed by atoms with van der Waals surface area (Å²) in [7, 11) is 0. The van der Waals surface area contributed by atoms with Gasteiger partial charge in [-0.2, -0.15) is 0 Å². The van der Waals surface area contributed by atoms with Gasteiger partial charge in [-0.15, -0.1) is 0 Å². The van der Waals surface area contributed by atoms with E-state index in [1.54, 1.807) is 35.1 Å². The first-order valence-electron chi connectivity index (χ1n) is 9.29. The third kappa shape index (κ3) is 4.06. The van der Waals surface area contributed by atoms with E-state index >= 15 is 0 Å². The van der Waals surface area contributed by atoms with Crippen molar-refractivity contribution in [2.75, 3.05) is 0 Å². The standard InChI is InChI=1S/C23H20N4O2/c1-15-11-19(9-10-24-15)18-5-3-17(4-6-18)12-25-23(29)21-14-27-13-20(16(2)28)7-8-22(27)26-21/h3-11,13-14H,12H2,1-2H3,(H,25,29). The molecule has 0 aliphatic carbocycles. The summed E-state index contributed by atoms with van der Waals surface area (Å²) in [4.78, 5) is 32.5. The molecule has 0 saturated heterocycles. The van der Waals surface area contributed by atoms with Crippen molar-refractivity contribution in [2.24, 2.45) is 0 Å². The number of carbonyl (C=O) groups excluding carboxylic acids is 2. The van der Waals surface area contributed by atoms with E-state index in [2.05, 4.69) is 15.3 Å². The number of nitrogens with one attached hydrogen (secondary N) is 1. The number of aromatic nitrogens is 3. The molecule has 0 saturated carbocycles. The van der Waals surface area contributed by atoms with Crippen LogP contribution in [-0.4, -0.2) is 26.1 Å². The van der Waals surface area contributed by atoms with Crippen LogP contribution in [0.25, 0.3) is 16.8 Å². The molecule has 0 aliphatic heterocycles. The van der Waals surface area contributed by atoms with Crippen molar-refractivity contribution in [3.63, 3.8) is 0 Å². The fourth-order valence-corrected chi connectivity index (χ4v) is 3.12. The highest BCUT2D eigenvalue weighted by Crippen LogP contribution is 2.20. The van der Waals surface area contributed by atoms with E-state index in [9.17, 15) is 9.59 Å². The van der Waals surface area contributed by atoms with Crippen molar-refractivity contribution in [2.45, 2.75) is 20.4 Å². The molecule has 6 heteroatoms. The quantitative estimate of drug-likeness (QED) is 0.531. The lowest BCUT2D eigenvalue weighted by atomic mass is 10.0. The van der Waals surface area contributed by atoms with Crippen LogP contribution in [0.3, 0.4) is 0 Å². The maximum atomic E-state index is 12.5. The molecule has 1 amide bonds. The molecule has 4 rings (SSSR count). The molecular weight excluding hydrogens is 364 g/mol. The molecule has 0 radical (unpaired) electrons. The normalized spacial score (nSPS) is 10.8. The number of benzene rings is 1. The number of Topliss-reactive ketones (excluding diaryl/α,β-unsaturated/α-hetero) is 1. The number of hydrogen-bond donors (Lipinski definition) is 1. The molecule has 1 N–H and O–H groups in total. The highest BCUT2D eigenvalue weighted by atomic mass is 16.2. The van der Waals surface area contributed by atoms with Crippen LogP contribution < -0.4 is 5.32 Å². The number of amides is 1. The second kappa shape index (κ2) is 7.67. The van der Waals surface area contributed by atoms with E-state index in [1.807, 2.05) is 43.3 Å². The number of carbonyl (C=O) groups is 2. The van der Waals surface area contributed by atoms with Gasteiger partial charge in [0.05, 0.1) is 0 Å². The zero-order chi connectivity index (χ0) is 20.4. The Morgan fingerprint density at radius 1 is 1.00 bits per heavy atom. The van der Waals surface area contributed by atoms with Crippen LogP contribution in [0, 0.1) is 6.92 Å². The maximum Gasteiger partial charge on any atom is 0.271 e. The van der Waals surface area contributed by atoms with Gasteiger partial charge < -0.3 is 9.72 Å². The Labute approximate surface area is 168 Å². The minimum atomic E-state index is -0.257. The molecule has 0 aliphatic rings. The Bertz CT molecular complexity index is 1210. The molecular formula is C23H20N4O2. The van der Waals surface area contributed by atoms with Gasteiger partial charge in [-0.1, -0.05) is 24.3 Å². The fraction of sp³-hybridized carbons (Fsp3) is 0.130. The first-order valence-corrected chi connectivity index (χ1v) is 9.29. The minimum absolute atomic E-state index is 0.0306. The number of pyridine rings is 2. The topological polar surface area (TPSA) is 76.4 Å². The number of hydrogen-bond acceptors (Lipinski definition) is 4. The predicted octanol–water partition coefficient (Wildman–Crippen LogP) is 3.84. The van der Waals surface area contributed by atoms with Crippen molar-refractivity contribution in [3.8, 4) is 11.1 Å². The van der Waals surface area contributed by atoms with Crippen molar-refractivity contribution < 1.29 is 9.59 Å². The van der Waals surface area contributed by atoms with Crippen LogP contribution in [0.15, 0.2) is 67.1 Å². The Hall–Kier alpha value is -3.80. The summed E-state index contributed by atoms with van der Waals surface area (Å²) in [6.07, 6.45) is 5.11. The Kier molecular flexibility index (Phi) is 4.91. The molecule has 0 unspecified atom stereocenters. The summed E-state index contributed by atoms with van der Waals surface area (Å²) in [6.45, 7) is 3.88. The van der Waals surface area contributed by atoms with E-state index in [4.69, 9.17) is 0 Å². The lowest BCUT2D eigenvalue weighted by molar-refractivity contribution is 0.0945. The Balaban J connectivity index is 1.44. The SMILES string of the molecule is CC(=O)c1ccc2nc(C(=O)NCc3ccc(-c4ccnc(C)c4)cc3)cn2c1. The molecule has 0 atom stereocenters. The van der Waals surface area contributed by atoms with E-state index in [1.165, 1.54) is 6.92 Å². The van der Waals surface area contributed by atoms with Crippen LogP contribution >= 0.6 is 0 Å². The maximum absolute atomic E-state index is 12.5. The second-order valence-corrected chi connectivity index (χ2v) is 6.93. The summed E-state index contributed by atoms with van der Waals surface area (Å²) in [5.41, 5.74) is 5.70. The third-order valence-electron chi connectivity index (χ3n) is 4.73. The summed E-state index contributed by atoms with van der Waals surface area (Å²) in [6, 6.07) is 15.5. The number of nitrogens with zero attached hydrogens (tertiary/aromatic N) is 3. The van der Waals surface area contributed by atoms with Crippen LogP contribution in [0.5, 0.6) is 0 Å². The molecule has 29 heavy (non-hydrogen) atoms. The summed E-state index contributed by atoms with van der Waals surface area (Å²) in [5.74, 6) is -0.288. The molecule has 144 valence electrons. The van der Waals surface area contributed by atoms with Gasteiger partial charge in [0.15, 0.2) is 5.78 Å². The largest absolute Gasteiger partial charge is 0.347 e. The van der Waals surface area contributed by atoms with Crippen molar-refractivity contribution in [1.82, 2.24) is 19.7 Å². The number of rotatable bonds is 5. The molecule has 0 bridgehead atoms. The highest BCUT2D eigenvalue weighted by Gasteiger charge is 2.11. The fourth-order valence-electron chi connectivity index (χ4n) is 3.12. The Morgan fingerprint density at radius 2 is 1.79 bits per heavy atom. The molecule has 1 aromatic carbocycles. The van der Waals surface area contributed by atoms with Gasteiger partial charge in [-0.25, -0.2) is 4.98 Å².